The first-order valence-electron chi connectivity index (χ1n) is 6.70. The molecule has 0 unspecified atom stereocenters. The number of likely N-dealkylation sites (N-methyl/N-ethyl adjacent to an activating group) is 1. The zero-order valence-electron chi connectivity index (χ0n) is 12.8. The van der Waals surface area contributed by atoms with Gasteiger partial charge in [0.15, 0.2) is 0 Å². The van der Waals surface area contributed by atoms with E-state index in [0.717, 1.165) is 12.3 Å². The molecule has 0 amide bonds. The van der Waals surface area contributed by atoms with Gasteiger partial charge >= 0.3 is 0 Å². The predicted octanol–water partition coefficient (Wildman–Crippen LogP) is 2.99. The molecule has 2 rings (SSSR count). The number of hydrogen-bond acceptors (Lipinski definition) is 2. The molecule has 1 aromatic carbocycles. The Labute approximate surface area is 115 Å². The molecule has 0 atom stereocenters. The summed E-state index contributed by atoms with van der Waals surface area (Å²) >= 11 is 0. The van der Waals surface area contributed by atoms with Crippen LogP contribution in [0, 0.1) is 6.92 Å². The number of aromatic nitrogens is 1. The lowest BCUT2D eigenvalue weighted by molar-refractivity contribution is 0.415. The van der Waals surface area contributed by atoms with Crippen LogP contribution in [0.4, 0.5) is 0 Å². The molecule has 3 nitrogen and oxygen atoms in total. The van der Waals surface area contributed by atoms with E-state index in [1.165, 1.54) is 22.2 Å². The highest BCUT2D eigenvalue weighted by Crippen LogP contribution is 2.36. The van der Waals surface area contributed by atoms with Crippen molar-refractivity contribution in [2.24, 2.45) is 7.05 Å². The lowest BCUT2D eigenvalue weighted by Gasteiger charge is -2.25. The van der Waals surface area contributed by atoms with Crippen LogP contribution >= 0.6 is 0 Å². The van der Waals surface area contributed by atoms with E-state index in [9.17, 15) is 0 Å². The molecule has 0 bridgehead atoms. The van der Waals surface area contributed by atoms with Gasteiger partial charge in [-0.1, -0.05) is 13.8 Å². The van der Waals surface area contributed by atoms with Crippen molar-refractivity contribution in [3.8, 4) is 5.75 Å². The Balaban J connectivity index is 2.71. The molecule has 3 heteroatoms. The van der Waals surface area contributed by atoms with Gasteiger partial charge < -0.3 is 14.6 Å². The van der Waals surface area contributed by atoms with Crippen molar-refractivity contribution in [3.05, 3.63) is 29.5 Å². The van der Waals surface area contributed by atoms with E-state index < -0.39 is 0 Å². The fourth-order valence-electron chi connectivity index (χ4n) is 3.06. The molecule has 0 saturated heterocycles. The van der Waals surface area contributed by atoms with Gasteiger partial charge in [-0.25, -0.2) is 0 Å². The minimum Gasteiger partial charge on any atom is -0.497 e. The second-order valence-corrected chi connectivity index (χ2v) is 5.82. The summed E-state index contributed by atoms with van der Waals surface area (Å²) in [5, 5.41) is 4.62. The van der Waals surface area contributed by atoms with E-state index in [4.69, 9.17) is 4.74 Å². The highest BCUT2D eigenvalue weighted by atomic mass is 16.5. The van der Waals surface area contributed by atoms with Crippen LogP contribution < -0.4 is 10.1 Å². The minimum absolute atomic E-state index is 0.104. The maximum Gasteiger partial charge on any atom is 0.120 e. The summed E-state index contributed by atoms with van der Waals surface area (Å²) in [6.45, 7) is 7.73. The summed E-state index contributed by atoms with van der Waals surface area (Å²) in [6, 6.07) is 6.33. The first kappa shape index (κ1) is 13.9. The number of aryl methyl sites for hydroxylation is 1. The van der Waals surface area contributed by atoms with Crippen molar-refractivity contribution >= 4 is 10.9 Å². The normalized spacial score (nSPS) is 12.1. The number of fused-ring (bicyclic) bond motifs is 1. The Kier molecular flexibility index (Phi) is 3.59. The highest BCUT2D eigenvalue weighted by Gasteiger charge is 2.27. The summed E-state index contributed by atoms with van der Waals surface area (Å²) in [5.41, 5.74) is 4.08. The number of rotatable bonds is 4. The van der Waals surface area contributed by atoms with Crippen LogP contribution in [0.25, 0.3) is 10.9 Å². The van der Waals surface area contributed by atoms with Gasteiger partial charge in [0, 0.05) is 36.2 Å². The van der Waals surface area contributed by atoms with Crippen molar-refractivity contribution in [2.45, 2.75) is 26.2 Å². The molecule has 19 heavy (non-hydrogen) atoms. The highest BCUT2D eigenvalue weighted by molar-refractivity contribution is 5.87. The first-order valence-corrected chi connectivity index (χ1v) is 6.70. The maximum atomic E-state index is 5.33. The SMILES string of the molecule is CNCC(C)(C)c1c(C)n(C)c2cc(OC)ccc12. The standard InChI is InChI=1S/C16H24N2O/c1-11-15(16(2,3)10-17-4)13-8-7-12(19-6)9-14(13)18(11)5/h7-9,17H,10H2,1-6H3. The van der Waals surface area contributed by atoms with Gasteiger partial charge in [-0.2, -0.15) is 0 Å². The van der Waals surface area contributed by atoms with E-state index in [0.29, 0.717) is 0 Å². The summed E-state index contributed by atoms with van der Waals surface area (Å²) in [5.74, 6) is 0.908. The third kappa shape index (κ3) is 2.23. The second kappa shape index (κ2) is 4.89. The van der Waals surface area contributed by atoms with Gasteiger partial charge in [0.25, 0.3) is 0 Å². The molecule has 2 aromatic rings. The number of benzene rings is 1. The number of ether oxygens (including phenoxy) is 1. The first-order chi connectivity index (χ1) is 8.92. The van der Waals surface area contributed by atoms with Crippen LogP contribution in [-0.4, -0.2) is 25.3 Å². The maximum absolute atomic E-state index is 5.33. The molecule has 0 spiro atoms. The summed E-state index contributed by atoms with van der Waals surface area (Å²) in [6.07, 6.45) is 0. The van der Waals surface area contributed by atoms with Crippen LogP contribution in [0.1, 0.15) is 25.1 Å². The van der Waals surface area contributed by atoms with Crippen LogP contribution in [0.15, 0.2) is 18.2 Å². The van der Waals surface area contributed by atoms with Gasteiger partial charge in [-0.15, -0.1) is 0 Å². The molecule has 0 aliphatic heterocycles. The smallest absolute Gasteiger partial charge is 0.120 e. The molecule has 0 aliphatic carbocycles. The molecule has 0 fully saturated rings. The summed E-state index contributed by atoms with van der Waals surface area (Å²) in [7, 11) is 5.84. The Bertz CT molecular complexity index is 596. The Morgan fingerprint density at radius 3 is 2.58 bits per heavy atom. The van der Waals surface area contributed by atoms with Crippen molar-refractivity contribution < 1.29 is 4.74 Å². The van der Waals surface area contributed by atoms with Gasteiger partial charge in [-0.3, -0.25) is 0 Å². The molecule has 1 heterocycles. The molecule has 104 valence electrons. The molecule has 0 radical (unpaired) electrons. The molecule has 0 aliphatic rings. The van der Waals surface area contributed by atoms with Gasteiger partial charge in [-0.05, 0) is 31.7 Å². The van der Waals surface area contributed by atoms with E-state index in [2.05, 4.69) is 49.8 Å². The molecule has 1 aromatic heterocycles. The van der Waals surface area contributed by atoms with Crippen molar-refractivity contribution in [1.82, 2.24) is 9.88 Å². The average Bonchev–Trinajstić information content (AvgIpc) is 2.62. The third-order valence-electron chi connectivity index (χ3n) is 4.00. The number of methoxy groups -OCH3 is 1. The number of nitrogens with one attached hydrogen (secondary N) is 1. The largest absolute Gasteiger partial charge is 0.497 e. The molecular formula is C16H24N2O. The quantitative estimate of drug-likeness (QED) is 0.914. The van der Waals surface area contributed by atoms with E-state index >= 15 is 0 Å². The van der Waals surface area contributed by atoms with Crippen LogP contribution in [0.5, 0.6) is 5.75 Å². The molecule has 0 saturated carbocycles. The topological polar surface area (TPSA) is 26.2 Å². The van der Waals surface area contributed by atoms with Crippen molar-refractivity contribution in [3.63, 3.8) is 0 Å². The van der Waals surface area contributed by atoms with Crippen LogP contribution in [-0.2, 0) is 12.5 Å². The van der Waals surface area contributed by atoms with Gasteiger partial charge in [0.05, 0.1) is 12.6 Å². The predicted molar refractivity (Wildman–Crippen MR) is 81.2 cm³/mol. The zero-order chi connectivity index (χ0) is 14.2. The van der Waals surface area contributed by atoms with E-state index in [1.807, 2.05) is 13.1 Å². The monoisotopic (exact) mass is 260 g/mol. The third-order valence-corrected chi connectivity index (χ3v) is 4.00. The van der Waals surface area contributed by atoms with E-state index in [-0.39, 0.29) is 5.41 Å². The fraction of sp³-hybridized carbons (Fsp3) is 0.500. The average molecular weight is 260 g/mol. The minimum atomic E-state index is 0.104. The summed E-state index contributed by atoms with van der Waals surface area (Å²) in [4.78, 5) is 0. The molecule has 1 N–H and O–H groups in total. The van der Waals surface area contributed by atoms with Crippen molar-refractivity contribution in [1.29, 1.82) is 0 Å². The van der Waals surface area contributed by atoms with Crippen molar-refractivity contribution in [2.75, 3.05) is 20.7 Å². The Hall–Kier alpha value is -1.48. The van der Waals surface area contributed by atoms with Gasteiger partial charge in [0.2, 0.25) is 0 Å². The lowest BCUT2D eigenvalue weighted by Crippen LogP contribution is -2.31. The van der Waals surface area contributed by atoms with E-state index in [1.54, 1.807) is 7.11 Å². The van der Waals surface area contributed by atoms with Crippen LogP contribution in [0.3, 0.4) is 0 Å². The summed E-state index contributed by atoms with van der Waals surface area (Å²) < 4.78 is 7.59. The number of hydrogen-bond donors (Lipinski definition) is 1. The lowest BCUT2D eigenvalue weighted by atomic mass is 9.82. The van der Waals surface area contributed by atoms with Gasteiger partial charge in [0.1, 0.15) is 5.75 Å². The fourth-order valence-corrected chi connectivity index (χ4v) is 3.06. The number of nitrogens with zero attached hydrogens (tertiary/aromatic N) is 1. The second-order valence-electron chi connectivity index (χ2n) is 5.82. The molecular weight excluding hydrogens is 236 g/mol. The Morgan fingerprint density at radius 2 is 2.00 bits per heavy atom. The van der Waals surface area contributed by atoms with Crippen LogP contribution in [0.2, 0.25) is 0 Å². The zero-order valence-corrected chi connectivity index (χ0v) is 12.8. The Morgan fingerprint density at radius 1 is 1.32 bits per heavy atom.